The molecule has 2 aromatic carbocycles. The molecule has 0 atom stereocenters. The van der Waals surface area contributed by atoms with Crippen molar-refractivity contribution in [3.63, 3.8) is 0 Å². The molecule has 1 fully saturated rings. The minimum Gasteiger partial charge on any atom is -0.338 e. The number of amides is 1. The number of thiophene rings is 1. The molecule has 3 heterocycles. The summed E-state index contributed by atoms with van der Waals surface area (Å²) < 4.78 is 28.7. The van der Waals surface area contributed by atoms with E-state index < -0.39 is 10.0 Å². The molecule has 1 amide bonds. The van der Waals surface area contributed by atoms with Crippen LogP contribution in [0.1, 0.15) is 33.0 Å². The fourth-order valence-electron chi connectivity index (χ4n) is 4.36. The summed E-state index contributed by atoms with van der Waals surface area (Å²) >= 11 is 7.61. The molecule has 2 aliphatic rings. The molecule has 0 aliphatic carbocycles. The van der Waals surface area contributed by atoms with Gasteiger partial charge in [0.25, 0.3) is 5.91 Å². The number of likely N-dealkylation sites (tertiary alicyclic amines) is 1. The molecular weight excluding hydrogens is 501 g/mol. The average Bonchev–Trinajstić information content (AvgIpc) is 3.23. The van der Waals surface area contributed by atoms with Crippen LogP contribution < -0.4 is 10.0 Å². The lowest BCUT2D eigenvalue weighted by molar-refractivity contribution is 0.0716. The Hall–Kier alpha value is -1.68. The van der Waals surface area contributed by atoms with Crippen LogP contribution in [0.4, 0.5) is 0 Å². The van der Waals surface area contributed by atoms with Crippen molar-refractivity contribution >= 4 is 62.0 Å². The molecule has 0 bridgehead atoms. The largest absolute Gasteiger partial charge is 0.338 e. The van der Waals surface area contributed by atoms with Crippen LogP contribution >= 0.6 is 35.3 Å². The van der Waals surface area contributed by atoms with Gasteiger partial charge in [0, 0.05) is 42.1 Å². The molecule has 176 valence electrons. The zero-order chi connectivity index (χ0) is 22.3. The zero-order valence-electron chi connectivity index (χ0n) is 17.8. The molecule has 0 radical (unpaired) electrons. The maximum atomic E-state index is 12.9. The minimum absolute atomic E-state index is 0. The number of carbonyl (C=O) groups is 1. The lowest BCUT2D eigenvalue weighted by Gasteiger charge is -2.32. The van der Waals surface area contributed by atoms with Gasteiger partial charge in [0.05, 0.1) is 9.77 Å². The summed E-state index contributed by atoms with van der Waals surface area (Å²) in [6.45, 7) is 2.87. The number of sulfonamides is 1. The second-order valence-corrected chi connectivity index (χ2v) is 11.6. The molecule has 1 saturated heterocycles. The second kappa shape index (κ2) is 9.90. The van der Waals surface area contributed by atoms with Gasteiger partial charge in [0.2, 0.25) is 10.0 Å². The van der Waals surface area contributed by atoms with Crippen LogP contribution in [-0.2, 0) is 23.0 Å². The Balaban J connectivity index is 0.00000259. The third-order valence-corrected chi connectivity index (χ3v) is 9.12. The fourth-order valence-corrected chi connectivity index (χ4v) is 7.03. The molecule has 0 unspecified atom stereocenters. The average molecular weight is 527 g/mol. The van der Waals surface area contributed by atoms with E-state index in [1.807, 2.05) is 23.1 Å². The van der Waals surface area contributed by atoms with Crippen LogP contribution in [0.25, 0.3) is 10.8 Å². The van der Waals surface area contributed by atoms with E-state index in [0.29, 0.717) is 31.0 Å². The first-order valence-electron chi connectivity index (χ1n) is 10.7. The smallest absolute Gasteiger partial charge is 0.263 e. The number of nitrogens with one attached hydrogen (secondary N) is 2. The van der Waals surface area contributed by atoms with Gasteiger partial charge in [0.1, 0.15) is 0 Å². The predicted molar refractivity (Wildman–Crippen MR) is 135 cm³/mol. The van der Waals surface area contributed by atoms with Gasteiger partial charge in [-0.1, -0.05) is 23.7 Å². The Bertz CT molecular complexity index is 1260. The highest BCUT2D eigenvalue weighted by molar-refractivity contribution is 7.89. The van der Waals surface area contributed by atoms with Gasteiger partial charge < -0.3 is 10.2 Å². The Morgan fingerprint density at radius 2 is 1.82 bits per heavy atom. The number of hydrogen-bond acceptors (Lipinski definition) is 5. The monoisotopic (exact) mass is 525 g/mol. The van der Waals surface area contributed by atoms with Crippen LogP contribution in [0.3, 0.4) is 0 Å². The first-order valence-corrected chi connectivity index (χ1v) is 13.4. The topological polar surface area (TPSA) is 78.5 Å². The molecule has 6 nitrogen and oxygen atoms in total. The number of piperidine rings is 1. The van der Waals surface area contributed by atoms with Crippen molar-refractivity contribution in [3.8, 4) is 0 Å². The van der Waals surface area contributed by atoms with Crippen LogP contribution in [0.15, 0.2) is 47.4 Å². The number of rotatable bonds is 4. The predicted octanol–water partition coefficient (Wildman–Crippen LogP) is 4.21. The van der Waals surface area contributed by atoms with Crippen LogP contribution in [0.2, 0.25) is 5.02 Å². The zero-order valence-corrected chi connectivity index (χ0v) is 21.0. The lowest BCUT2D eigenvalue weighted by Crippen LogP contribution is -2.46. The summed E-state index contributed by atoms with van der Waals surface area (Å²) in [4.78, 5) is 17.1. The molecule has 3 aromatic rings. The van der Waals surface area contributed by atoms with E-state index in [4.69, 9.17) is 11.6 Å². The van der Waals surface area contributed by atoms with Gasteiger partial charge in [-0.15, -0.1) is 23.7 Å². The van der Waals surface area contributed by atoms with E-state index in [0.717, 1.165) is 35.2 Å². The van der Waals surface area contributed by atoms with E-state index in [2.05, 4.69) is 10.0 Å². The maximum Gasteiger partial charge on any atom is 0.263 e. The Labute approximate surface area is 208 Å². The van der Waals surface area contributed by atoms with Crippen LogP contribution in [-0.4, -0.2) is 44.9 Å². The first-order chi connectivity index (χ1) is 15.4. The molecule has 1 aromatic heterocycles. The number of halogens is 2. The SMILES string of the molecule is Cl.O=C(c1cc2c(s1)CCNC2)N1CCC(NS(=O)(=O)c2ccc3cc(Cl)ccc3c2)CC1. The lowest BCUT2D eigenvalue weighted by atomic mass is 10.1. The van der Waals surface area contributed by atoms with E-state index in [-0.39, 0.29) is 29.3 Å². The highest BCUT2D eigenvalue weighted by Gasteiger charge is 2.28. The normalized spacial score (nSPS) is 16.9. The first kappa shape index (κ1) is 24.4. The molecule has 2 N–H and O–H groups in total. The number of carbonyl (C=O) groups excluding carboxylic acids is 1. The fraction of sp³-hybridized carbons (Fsp3) is 0.348. The van der Waals surface area contributed by atoms with Crippen LogP contribution in [0, 0.1) is 0 Å². The Morgan fingerprint density at radius 3 is 2.58 bits per heavy atom. The van der Waals surface area contributed by atoms with Crippen molar-refractivity contribution in [1.82, 2.24) is 14.9 Å². The highest BCUT2D eigenvalue weighted by Crippen LogP contribution is 2.28. The Kier molecular flexibility index (Phi) is 7.33. The molecule has 2 aliphatic heterocycles. The van der Waals surface area contributed by atoms with Gasteiger partial charge in [-0.25, -0.2) is 13.1 Å². The summed E-state index contributed by atoms with van der Waals surface area (Å²) in [6, 6.07) is 12.2. The quantitative estimate of drug-likeness (QED) is 0.534. The van der Waals surface area contributed by atoms with Crippen molar-refractivity contribution in [1.29, 1.82) is 0 Å². The van der Waals surface area contributed by atoms with E-state index in [1.165, 1.54) is 10.4 Å². The summed E-state index contributed by atoms with van der Waals surface area (Å²) in [6.07, 6.45) is 2.17. The molecule has 33 heavy (non-hydrogen) atoms. The number of nitrogens with zero attached hydrogens (tertiary/aromatic N) is 1. The Morgan fingerprint density at radius 1 is 1.09 bits per heavy atom. The summed E-state index contributed by atoms with van der Waals surface area (Å²) in [5, 5.41) is 5.68. The molecule has 0 spiro atoms. The van der Waals surface area contributed by atoms with Crippen molar-refractivity contribution < 1.29 is 13.2 Å². The standard InChI is InChI=1S/C23H24ClN3O3S2.ClH/c24-18-3-1-16-12-20(4-2-15(16)11-18)32(29,30)26-19-6-9-27(10-7-19)23(28)22-13-17-14-25-8-5-21(17)31-22;/h1-4,11-13,19,25-26H,5-10,14H2;1H. The number of benzene rings is 2. The summed E-state index contributed by atoms with van der Waals surface area (Å²) in [7, 11) is -3.64. The van der Waals surface area contributed by atoms with Crippen molar-refractivity contribution in [3.05, 3.63) is 62.8 Å². The van der Waals surface area contributed by atoms with Crippen molar-refractivity contribution in [2.75, 3.05) is 19.6 Å². The van der Waals surface area contributed by atoms with Gasteiger partial charge in [-0.3, -0.25) is 4.79 Å². The van der Waals surface area contributed by atoms with E-state index in [9.17, 15) is 13.2 Å². The van der Waals surface area contributed by atoms with Gasteiger partial charge in [-0.05, 0) is 65.9 Å². The van der Waals surface area contributed by atoms with E-state index in [1.54, 1.807) is 35.6 Å². The van der Waals surface area contributed by atoms with Gasteiger partial charge >= 0.3 is 0 Å². The van der Waals surface area contributed by atoms with Crippen molar-refractivity contribution in [2.45, 2.75) is 36.7 Å². The molecular formula is C23H25Cl2N3O3S2. The maximum absolute atomic E-state index is 12.9. The third kappa shape index (κ3) is 5.21. The summed E-state index contributed by atoms with van der Waals surface area (Å²) in [5.74, 6) is 0.0545. The van der Waals surface area contributed by atoms with Gasteiger partial charge in [0.15, 0.2) is 0 Å². The second-order valence-electron chi connectivity index (χ2n) is 8.33. The molecule has 0 saturated carbocycles. The number of fused-ring (bicyclic) bond motifs is 2. The number of hydrogen-bond donors (Lipinski definition) is 2. The third-order valence-electron chi connectivity index (χ3n) is 6.14. The van der Waals surface area contributed by atoms with E-state index >= 15 is 0 Å². The summed E-state index contributed by atoms with van der Waals surface area (Å²) in [5.41, 5.74) is 1.23. The van der Waals surface area contributed by atoms with Crippen LogP contribution in [0.5, 0.6) is 0 Å². The molecule has 5 rings (SSSR count). The van der Waals surface area contributed by atoms with Crippen molar-refractivity contribution in [2.24, 2.45) is 0 Å². The van der Waals surface area contributed by atoms with Gasteiger partial charge in [-0.2, -0.15) is 0 Å². The minimum atomic E-state index is -3.64. The molecule has 10 heteroatoms. The highest BCUT2D eigenvalue weighted by atomic mass is 35.5.